The van der Waals surface area contributed by atoms with E-state index in [9.17, 15) is 22.0 Å². The lowest BCUT2D eigenvalue weighted by Gasteiger charge is -2.36. The number of carbonyl (C=O) groups is 1. The Balaban J connectivity index is 1.42. The van der Waals surface area contributed by atoms with Crippen LogP contribution in [0.5, 0.6) is 0 Å². The van der Waals surface area contributed by atoms with Gasteiger partial charge in [-0.15, -0.1) is 0 Å². The highest BCUT2D eigenvalue weighted by molar-refractivity contribution is 7.89. The van der Waals surface area contributed by atoms with Crippen LogP contribution in [0.15, 0.2) is 47.4 Å². The van der Waals surface area contributed by atoms with E-state index in [4.69, 9.17) is 5.26 Å². The number of nitriles is 1. The Morgan fingerprint density at radius 1 is 0.968 bits per heavy atom. The fourth-order valence-electron chi connectivity index (χ4n) is 4.06. The molecule has 0 saturated carbocycles. The van der Waals surface area contributed by atoms with Crippen molar-refractivity contribution in [2.45, 2.75) is 17.4 Å². The first-order chi connectivity index (χ1) is 14.8. The third-order valence-electron chi connectivity index (χ3n) is 5.71. The molecule has 31 heavy (non-hydrogen) atoms. The molecule has 0 aromatic heterocycles. The zero-order valence-electron chi connectivity index (χ0n) is 16.5. The minimum absolute atomic E-state index is 0.0643. The Labute approximate surface area is 179 Å². The highest BCUT2D eigenvalue weighted by atomic mass is 32.2. The second-order valence-electron chi connectivity index (χ2n) is 7.47. The van der Waals surface area contributed by atoms with E-state index >= 15 is 0 Å². The Bertz CT molecular complexity index is 1140. The number of amides is 1. The van der Waals surface area contributed by atoms with E-state index in [0.29, 0.717) is 37.7 Å². The van der Waals surface area contributed by atoms with Crippen LogP contribution in [0.2, 0.25) is 0 Å². The molecule has 2 aliphatic rings. The van der Waals surface area contributed by atoms with Crippen LogP contribution in [0.25, 0.3) is 0 Å². The number of halogens is 2. The molecule has 2 saturated heterocycles. The van der Waals surface area contributed by atoms with Gasteiger partial charge >= 0.3 is 0 Å². The lowest BCUT2D eigenvalue weighted by Crippen LogP contribution is -2.53. The van der Waals surface area contributed by atoms with E-state index in [-0.39, 0.29) is 25.0 Å². The lowest BCUT2D eigenvalue weighted by atomic mass is 10.2. The van der Waals surface area contributed by atoms with Crippen molar-refractivity contribution in [3.05, 3.63) is 59.7 Å². The van der Waals surface area contributed by atoms with E-state index in [0.717, 1.165) is 22.1 Å². The van der Waals surface area contributed by atoms with Crippen molar-refractivity contribution in [2.24, 2.45) is 0 Å². The largest absolute Gasteiger partial charge is 0.311 e. The quantitative estimate of drug-likeness (QED) is 0.717. The molecule has 0 N–H and O–H groups in total. The van der Waals surface area contributed by atoms with Crippen LogP contribution in [0.3, 0.4) is 0 Å². The number of hydrogen-bond donors (Lipinski definition) is 0. The summed E-state index contributed by atoms with van der Waals surface area (Å²) in [7, 11) is -4.09. The first-order valence-corrected chi connectivity index (χ1v) is 11.3. The summed E-state index contributed by atoms with van der Waals surface area (Å²) < 4.78 is 53.8. The molecule has 1 atom stereocenters. The van der Waals surface area contributed by atoms with Crippen LogP contribution in [0.1, 0.15) is 12.0 Å². The third-order valence-corrected chi connectivity index (χ3v) is 7.64. The van der Waals surface area contributed by atoms with Crippen molar-refractivity contribution < 1.29 is 22.0 Å². The van der Waals surface area contributed by atoms with E-state index in [1.165, 1.54) is 0 Å². The SMILES string of the molecule is N#Cc1ccc(N2CCC(N3CCN(S(=O)(=O)c4ccc(F)cc4F)CC3)C2=O)cc1. The highest BCUT2D eigenvalue weighted by Gasteiger charge is 2.39. The molecular weight excluding hydrogens is 426 g/mol. The number of hydrogen-bond acceptors (Lipinski definition) is 5. The molecule has 2 heterocycles. The molecular formula is C21H20F2N4O3S. The number of anilines is 1. The summed E-state index contributed by atoms with van der Waals surface area (Å²) in [4.78, 5) is 16.0. The number of benzene rings is 2. The summed E-state index contributed by atoms with van der Waals surface area (Å²) in [6.45, 7) is 1.42. The highest BCUT2D eigenvalue weighted by Crippen LogP contribution is 2.27. The van der Waals surface area contributed by atoms with E-state index in [1.54, 1.807) is 29.2 Å². The van der Waals surface area contributed by atoms with Crippen molar-refractivity contribution in [1.82, 2.24) is 9.21 Å². The smallest absolute Gasteiger partial charge is 0.246 e. The predicted octanol–water partition coefficient (Wildman–Crippen LogP) is 1.95. The van der Waals surface area contributed by atoms with Gasteiger partial charge in [0, 0.05) is 44.5 Å². The summed E-state index contributed by atoms with van der Waals surface area (Å²) in [5, 5.41) is 8.92. The van der Waals surface area contributed by atoms with Gasteiger partial charge in [-0.05, 0) is 42.8 Å². The summed E-state index contributed by atoms with van der Waals surface area (Å²) in [6, 6.07) is 10.9. The molecule has 2 aliphatic heterocycles. The van der Waals surface area contributed by atoms with Gasteiger partial charge in [-0.25, -0.2) is 17.2 Å². The minimum atomic E-state index is -4.09. The number of rotatable bonds is 4. The molecule has 2 aromatic rings. The molecule has 0 spiro atoms. The minimum Gasteiger partial charge on any atom is -0.311 e. The van der Waals surface area contributed by atoms with Gasteiger partial charge in [-0.3, -0.25) is 9.69 Å². The summed E-state index contributed by atoms with van der Waals surface area (Å²) in [6.07, 6.45) is 0.609. The van der Waals surface area contributed by atoms with Crippen molar-refractivity contribution in [3.8, 4) is 6.07 Å². The number of nitrogens with zero attached hydrogens (tertiary/aromatic N) is 4. The zero-order chi connectivity index (χ0) is 22.2. The number of carbonyl (C=O) groups excluding carboxylic acids is 1. The third kappa shape index (κ3) is 4.04. The number of sulfonamides is 1. The molecule has 4 rings (SSSR count). The van der Waals surface area contributed by atoms with Gasteiger partial charge in [0.25, 0.3) is 0 Å². The van der Waals surface area contributed by atoms with E-state index in [1.807, 2.05) is 11.0 Å². The Hall–Kier alpha value is -2.87. The topological polar surface area (TPSA) is 84.7 Å². The molecule has 0 bridgehead atoms. The maximum Gasteiger partial charge on any atom is 0.246 e. The van der Waals surface area contributed by atoms with Crippen LogP contribution in [-0.2, 0) is 14.8 Å². The molecule has 1 unspecified atom stereocenters. The van der Waals surface area contributed by atoms with Crippen molar-refractivity contribution in [3.63, 3.8) is 0 Å². The Kier molecular flexibility index (Phi) is 5.75. The van der Waals surface area contributed by atoms with Crippen LogP contribution < -0.4 is 4.90 Å². The zero-order valence-corrected chi connectivity index (χ0v) is 17.4. The van der Waals surface area contributed by atoms with Gasteiger partial charge in [-0.1, -0.05) is 0 Å². The second kappa shape index (κ2) is 8.34. The van der Waals surface area contributed by atoms with Gasteiger partial charge in [0.15, 0.2) is 0 Å². The molecule has 0 aliphatic carbocycles. The maximum absolute atomic E-state index is 14.0. The van der Waals surface area contributed by atoms with Crippen LogP contribution in [0, 0.1) is 23.0 Å². The first kappa shape index (κ1) is 21.4. The Morgan fingerprint density at radius 3 is 2.26 bits per heavy atom. The molecule has 10 heteroatoms. The van der Waals surface area contributed by atoms with E-state index < -0.39 is 26.6 Å². The summed E-state index contributed by atoms with van der Waals surface area (Å²) in [5.41, 5.74) is 1.24. The summed E-state index contributed by atoms with van der Waals surface area (Å²) in [5.74, 6) is -2.02. The summed E-state index contributed by atoms with van der Waals surface area (Å²) >= 11 is 0. The fourth-order valence-corrected chi connectivity index (χ4v) is 5.52. The predicted molar refractivity (Wildman–Crippen MR) is 109 cm³/mol. The average Bonchev–Trinajstić information content (AvgIpc) is 3.15. The van der Waals surface area contributed by atoms with Crippen molar-refractivity contribution in [2.75, 3.05) is 37.6 Å². The molecule has 2 fully saturated rings. The monoisotopic (exact) mass is 446 g/mol. The van der Waals surface area contributed by atoms with Crippen molar-refractivity contribution >= 4 is 21.6 Å². The molecule has 7 nitrogen and oxygen atoms in total. The lowest BCUT2D eigenvalue weighted by molar-refractivity contribution is -0.122. The van der Waals surface area contributed by atoms with Gasteiger partial charge < -0.3 is 4.90 Å². The van der Waals surface area contributed by atoms with E-state index in [2.05, 4.69) is 0 Å². The standard InChI is InChI=1S/C21H20F2N4O3S/c22-16-3-6-20(18(23)13-16)31(29,30)26-11-9-25(10-12-26)19-7-8-27(21(19)28)17-4-1-15(14-24)2-5-17/h1-6,13,19H,7-12H2. The van der Waals surface area contributed by atoms with Gasteiger partial charge in [0.1, 0.15) is 16.5 Å². The maximum atomic E-state index is 14.0. The molecule has 1 amide bonds. The number of piperazine rings is 1. The molecule has 162 valence electrons. The fraction of sp³-hybridized carbons (Fsp3) is 0.333. The average molecular weight is 446 g/mol. The normalized spacial score (nSPS) is 20.7. The van der Waals surface area contributed by atoms with Crippen LogP contribution in [-0.4, -0.2) is 62.3 Å². The molecule has 2 aromatic carbocycles. The van der Waals surface area contributed by atoms with Crippen LogP contribution >= 0.6 is 0 Å². The van der Waals surface area contributed by atoms with Gasteiger partial charge in [-0.2, -0.15) is 9.57 Å². The second-order valence-corrected chi connectivity index (χ2v) is 9.37. The van der Waals surface area contributed by atoms with Crippen LogP contribution in [0.4, 0.5) is 14.5 Å². The van der Waals surface area contributed by atoms with Gasteiger partial charge in [0.2, 0.25) is 15.9 Å². The van der Waals surface area contributed by atoms with Gasteiger partial charge in [0.05, 0.1) is 17.7 Å². The molecule has 0 radical (unpaired) electrons. The Morgan fingerprint density at radius 2 is 1.65 bits per heavy atom. The van der Waals surface area contributed by atoms with Crippen molar-refractivity contribution in [1.29, 1.82) is 5.26 Å². The first-order valence-electron chi connectivity index (χ1n) is 9.82.